The lowest BCUT2D eigenvalue weighted by molar-refractivity contribution is -0.274. The van der Waals surface area contributed by atoms with E-state index in [1.807, 2.05) is 0 Å². The van der Waals surface area contributed by atoms with Crippen LogP contribution in [-0.4, -0.2) is 15.2 Å². The molecule has 0 bridgehead atoms. The van der Waals surface area contributed by atoms with Gasteiger partial charge in [0, 0.05) is 8.80 Å². The Bertz CT molecular complexity index is 983. The van der Waals surface area contributed by atoms with Crippen molar-refractivity contribution in [2.45, 2.75) is 102 Å². The van der Waals surface area contributed by atoms with E-state index < -0.39 is 32.5 Å². The highest BCUT2D eigenvalue weighted by atomic mass is 28.3. The Morgan fingerprint density at radius 1 is 0.842 bits per heavy atom. The van der Waals surface area contributed by atoms with E-state index in [0.29, 0.717) is 17.9 Å². The van der Waals surface area contributed by atoms with Crippen molar-refractivity contribution in [2.75, 3.05) is 0 Å². The molecule has 1 aliphatic heterocycles. The Kier molecular flexibility index (Phi) is 10.3. The first-order valence-electron chi connectivity index (χ1n) is 14.6. The third-order valence-electron chi connectivity index (χ3n) is 8.99. The minimum atomic E-state index is -4.81. The molecule has 7 heteroatoms. The molecule has 1 saturated carbocycles. The van der Waals surface area contributed by atoms with E-state index in [0.717, 1.165) is 30.4 Å². The molecule has 2 aromatic carbocycles. The van der Waals surface area contributed by atoms with Gasteiger partial charge in [0.1, 0.15) is 17.4 Å². The number of halogens is 5. The number of hydrogen-bond acceptors (Lipinski definition) is 1. The molecule has 2 aliphatic rings. The quantitative estimate of drug-likeness (QED) is 0.162. The summed E-state index contributed by atoms with van der Waals surface area (Å²) < 4.78 is 70.6. The van der Waals surface area contributed by atoms with Crippen LogP contribution in [0.4, 0.5) is 22.0 Å². The number of benzene rings is 2. The molecule has 4 rings (SSSR count). The van der Waals surface area contributed by atoms with Crippen molar-refractivity contribution >= 4 is 8.80 Å². The van der Waals surface area contributed by atoms with Crippen LogP contribution in [0.25, 0.3) is 11.1 Å². The van der Waals surface area contributed by atoms with Crippen LogP contribution in [0, 0.1) is 29.4 Å². The van der Waals surface area contributed by atoms with Crippen LogP contribution >= 0.6 is 0 Å². The molecule has 0 atom stereocenters. The highest BCUT2D eigenvalue weighted by Crippen LogP contribution is 2.42. The highest BCUT2D eigenvalue weighted by molar-refractivity contribution is 6.58. The van der Waals surface area contributed by atoms with Gasteiger partial charge in [-0.25, -0.2) is 8.78 Å². The predicted octanol–water partition coefficient (Wildman–Crippen LogP) is 10.1. The summed E-state index contributed by atoms with van der Waals surface area (Å²) in [5, 5.41) is 0. The average Bonchev–Trinajstić information content (AvgIpc) is 2.88. The topological polar surface area (TPSA) is 9.23 Å². The van der Waals surface area contributed by atoms with Gasteiger partial charge in [0.05, 0.1) is 5.56 Å². The molecule has 1 heterocycles. The van der Waals surface area contributed by atoms with Crippen LogP contribution in [0.1, 0.15) is 76.7 Å². The summed E-state index contributed by atoms with van der Waals surface area (Å²) in [5.41, 5.74) is 0.585. The van der Waals surface area contributed by atoms with Crippen LogP contribution in [0.15, 0.2) is 36.4 Å². The molecule has 2 aromatic rings. The third-order valence-corrected chi connectivity index (χ3v) is 12.5. The van der Waals surface area contributed by atoms with Crippen LogP contribution in [0.3, 0.4) is 0 Å². The Balaban J connectivity index is 1.23. The zero-order valence-corrected chi connectivity index (χ0v) is 23.6. The van der Waals surface area contributed by atoms with Gasteiger partial charge in [0.2, 0.25) is 0 Å². The number of hydrogen-bond donors (Lipinski definition) is 0. The lowest BCUT2D eigenvalue weighted by atomic mass is 9.73. The first kappa shape index (κ1) is 29.1. The molecule has 38 heavy (non-hydrogen) atoms. The smallest absolute Gasteiger partial charge is 0.406 e. The number of aryl methyl sites for hydroxylation is 1. The summed E-state index contributed by atoms with van der Waals surface area (Å²) in [6.45, 7) is 2.29. The zero-order chi connectivity index (χ0) is 27.1. The van der Waals surface area contributed by atoms with Gasteiger partial charge in [-0.2, -0.15) is 0 Å². The van der Waals surface area contributed by atoms with Gasteiger partial charge >= 0.3 is 6.36 Å². The molecule has 0 N–H and O–H groups in total. The van der Waals surface area contributed by atoms with Crippen molar-refractivity contribution in [1.29, 1.82) is 0 Å². The SMILES string of the molecule is CCCCC[SiH]1CCC(C2CCC(CCc3cc(F)c(-c4ccc(OC(F)(F)F)cc4)c(F)c3)CC2)CC1. The second-order valence-electron chi connectivity index (χ2n) is 11.6. The molecule has 0 aromatic heterocycles. The van der Waals surface area contributed by atoms with E-state index >= 15 is 0 Å². The van der Waals surface area contributed by atoms with Gasteiger partial charge in [-0.15, -0.1) is 13.2 Å². The summed E-state index contributed by atoms with van der Waals surface area (Å²) >= 11 is 0. The van der Waals surface area contributed by atoms with Crippen LogP contribution in [-0.2, 0) is 6.42 Å². The Hall–Kier alpha value is -1.89. The molecule has 0 unspecified atom stereocenters. The molecule has 2 fully saturated rings. The van der Waals surface area contributed by atoms with Gasteiger partial charge in [-0.1, -0.05) is 82.1 Å². The number of rotatable bonds is 10. The summed E-state index contributed by atoms with van der Waals surface area (Å²) in [6, 6.07) is 12.0. The standard InChI is InChI=1S/C31H41F5OSi/c1-2-3-4-17-38-18-15-25(16-19-38)24-9-7-22(8-10-24)5-6-23-20-28(32)30(29(33)21-23)26-11-13-27(14-12-26)37-31(34,35)36/h11-14,20-22,24-25,38H,2-10,15-19H2,1H3. The maximum Gasteiger partial charge on any atom is 0.573 e. The van der Waals surface area contributed by atoms with Gasteiger partial charge in [0.15, 0.2) is 0 Å². The molecule has 0 amide bonds. The fourth-order valence-electron chi connectivity index (χ4n) is 6.82. The summed E-state index contributed by atoms with van der Waals surface area (Å²) in [5.74, 6) is 0.599. The van der Waals surface area contributed by atoms with Crippen LogP contribution in [0.5, 0.6) is 5.75 Å². The van der Waals surface area contributed by atoms with E-state index in [9.17, 15) is 22.0 Å². The number of ether oxygens (including phenoxy) is 1. The number of alkyl halides is 3. The fraction of sp³-hybridized carbons (Fsp3) is 0.613. The van der Waals surface area contributed by atoms with Crippen molar-refractivity contribution in [1.82, 2.24) is 0 Å². The average molecular weight is 553 g/mol. The second kappa shape index (κ2) is 13.4. The van der Waals surface area contributed by atoms with E-state index in [2.05, 4.69) is 11.7 Å². The van der Waals surface area contributed by atoms with Gasteiger partial charge in [0.25, 0.3) is 0 Å². The van der Waals surface area contributed by atoms with Gasteiger partial charge in [-0.3, -0.25) is 0 Å². The van der Waals surface area contributed by atoms with Crippen molar-refractivity contribution in [3.63, 3.8) is 0 Å². The van der Waals surface area contributed by atoms with Gasteiger partial charge in [-0.05, 0) is 78.8 Å². The largest absolute Gasteiger partial charge is 0.573 e. The summed E-state index contributed by atoms with van der Waals surface area (Å²) in [4.78, 5) is 0. The molecule has 1 aliphatic carbocycles. The van der Waals surface area contributed by atoms with E-state index in [1.165, 1.54) is 82.1 Å². The second-order valence-corrected chi connectivity index (χ2v) is 15.1. The van der Waals surface area contributed by atoms with E-state index in [-0.39, 0.29) is 11.1 Å². The van der Waals surface area contributed by atoms with Crippen molar-refractivity contribution in [3.8, 4) is 16.9 Å². The lowest BCUT2D eigenvalue weighted by Crippen LogP contribution is -2.28. The number of unbranched alkanes of at least 4 members (excludes halogenated alkanes) is 2. The molecule has 210 valence electrons. The zero-order valence-electron chi connectivity index (χ0n) is 22.5. The maximum absolute atomic E-state index is 14.9. The van der Waals surface area contributed by atoms with Gasteiger partial charge < -0.3 is 4.74 Å². The maximum atomic E-state index is 14.9. The third kappa shape index (κ3) is 8.30. The van der Waals surface area contributed by atoms with Crippen molar-refractivity contribution in [2.24, 2.45) is 17.8 Å². The Morgan fingerprint density at radius 2 is 1.45 bits per heavy atom. The van der Waals surface area contributed by atoms with E-state index in [4.69, 9.17) is 0 Å². The van der Waals surface area contributed by atoms with Crippen molar-refractivity contribution in [3.05, 3.63) is 53.6 Å². The summed E-state index contributed by atoms with van der Waals surface area (Å²) in [6.07, 6.45) is 8.88. The van der Waals surface area contributed by atoms with Crippen molar-refractivity contribution < 1.29 is 26.7 Å². The lowest BCUT2D eigenvalue weighted by Gasteiger charge is -2.37. The monoisotopic (exact) mass is 552 g/mol. The molecule has 0 spiro atoms. The molecule has 0 radical (unpaired) electrons. The van der Waals surface area contributed by atoms with E-state index in [1.54, 1.807) is 18.1 Å². The predicted molar refractivity (Wildman–Crippen MR) is 146 cm³/mol. The minimum absolute atomic E-state index is 0.178. The summed E-state index contributed by atoms with van der Waals surface area (Å²) in [7, 11) is -0.460. The Morgan fingerprint density at radius 3 is 2.03 bits per heavy atom. The first-order valence-corrected chi connectivity index (χ1v) is 17.0. The molecule has 1 nitrogen and oxygen atoms in total. The van der Waals surface area contributed by atoms with Crippen LogP contribution < -0.4 is 4.74 Å². The Labute approximate surface area is 225 Å². The fourth-order valence-corrected chi connectivity index (χ4v) is 10.4. The molecular formula is C31H41F5OSi. The minimum Gasteiger partial charge on any atom is -0.406 e. The first-order chi connectivity index (χ1) is 18.2. The highest BCUT2D eigenvalue weighted by Gasteiger charge is 2.32. The molecular weight excluding hydrogens is 511 g/mol. The van der Waals surface area contributed by atoms with Crippen LogP contribution in [0.2, 0.25) is 18.1 Å². The molecule has 1 saturated heterocycles. The normalized spacial score (nSPS) is 24.4.